The largest absolute Gasteiger partial charge is 0.508 e. The lowest BCUT2D eigenvalue weighted by molar-refractivity contribution is -0.162. The second-order valence-corrected chi connectivity index (χ2v) is 8.62. The highest BCUT2D eigenvalue weighted by Crippen LogP contribution is 2.34. The number of ether oxygens (including phenoxy) is 2. The molecule has 2 N–H and O–H groups in total. The molecule has 1 fully saturated rings. The topological polar surface area (TPSA) is 89.6 Å². The standard InChI is InChI=1S/C27H29N3O4/c31-21-10-6-19(7-11-21)23-14-15-24(20-8-12-22(32)13-9-20)27-26(23)28-30(29-27)16-2-4-18-34-25-5-1-3-17-33-25/h6-15,25,31-32H,1-5,16-18H2. The van der Waals surface area contributed by atoms with E-state index in [4.69, 9.17) is 19.7 Å². The number of aryl methyl sites for hydroxylation is 1. The Morgan fingerprint density at radius 3 is 1.91 bits per heavy atom. The van der Waals surface area contributed by atoms with Crippen LogP contribution in [0.2, 0.25) is 0 Å². The van der Waals surface area contributed by atoms with E-state index in [-0.39, 0.29) is 17.8 Å². The first-order valence-corrected chi connectivity index (χ1v) is 11.9. The van der Waals surface area contributed by atoms with Gasteiger partial charge in [-0.3, -0.25) is 0 Å². The maximum atomic E-state index is 9.69. The third-order valence-electron chi connectivity index (χ3n) is 6.13. The first-order valence-electron chi connectivity index (χ1n) is 11.9. The number of nitrogens with zero attached hydrogens (tertiary/aromatic N) is 3. The SMILES string of the molecule is Oc1ccc(-c2ccc(-c3ccc(O)cc3)c3nn(CCCCOC4CCCCO4)nc23)cc1. The molecule has 1 aliphatic heterocycles. The van der Waals surface area contributed by atoms with Crippen LogP contribution in [-0.2, 0) is 16.0 Å². The molecule has 0 bridgehead atoms. The summed E-state index contributed by atoms with van der Waals surface area (Å²) in [6.45, 7) is 2.15. The fraction of sp³-hybridized carbons (Fsp3) is 0.333. The summed E-state index contributed by atoms with van der Waals surface area (Å²) in [4.78, 5) is 1.76. The molecule has 1 aliphatic rings. The minimum atomic E-state index is -0.0556. The van der Waals surface area contributed by atoms with E-state index < -0.39 is 0 Å². The number of rotatable bonds is 8. The molecule has 1 unspecified atom stereocenters. The van der Waals surface area contributed by atoms with E-state index in [0.717, 1.165) is 65.6 Å². The number of phenols is 2. The molecule has 5 rings (SSSR count). The van der Waals surface area contributed by atoms with Gasteiger partial charge in [0.15, 0.2) is 6.29 Å². The summed E-state index contributed by atoms with van der Waals surface area (Å²) < 4.78 is 11.5. The van der Waals surface area contributed by atoms with E-state index in [1.54, 1.807) is 29.1 Å². The van der Waals surface area contributed by atoms with Crippen molar-refractivity contribution in [1.82, 2.24) is 15.0 Å². The second kappa shape index (κ2) is 10.2. The molecule has 2 heterocycles. The van der Waals surface area contributed by atoms with Gasteiger partial charge in [-0.25, -0.2) is 0 Å². The van der Waals surface area contributed by atoms with Crippen LogP contribution in [0, 0.1) is 0 Å². The number of benzene rings is 3. The van der Waals surface area contributed by atoms with E-state index in [1.165, 1.54) is 6.42 Å². The predicted molar refractivity (Wildman–Crippen MR) is 131 cm³/mol. The van der Waals surface area contributed by atoms with Crippen molar-refractivity contribution >= 4 is 11.0 Å². The van der Waals surface area contributed by atoms with Crippen molar-refractivity contribution in [3.8, 4) is 33.8 Å². The molecular weight excluding hydrogens is 430 g/mol. The van der Waals surface area contributed by atoms with Crippen molar-refractivity contribution in [1.29, 1.82) is 0 Å². The highest BCUT2D eigenvalue weighted by molar-refractivity contribution is 6.00. The van der Waals surface area contributed by atoms with Gasteiger partial charge in [-0.05, 0) is 67.5 Å². The zero-order valence-electron chi connectivity index (χ0n) is 19.1. The van der Waals surface area contributed by atoms with Crippen LogP contribution in [0.15, 0.2) is 60.7 Å². The molecule has 1 aromatic heterocycles. The van der Waals surface area contributed by atoms with Crippen LogP contribution in [0.5, 0.6) is 11.5 Å². The smallest absolute Gasteiger partial charge is 0.157 e. The Bertz CT molecular complexity index is 1150. The number of phenolic OH excluding ortho intramolecular Hbond substituents is 2. The minimum Gasteiger partial charge on any atom is -0.508 e. The second-order valence-electron chi connectivity index (χ2n) is 8.62. The molecule has 34 heavy (non-hydrogen) atoms. The van der Waals surface area contributed by atoms with Gasteiger partial charge in [-0.15, -0.1) is 0 Å². The van der Waals surface area contributed by atoms with Crippen molar-refractivity contribution < 1.29 is 19.7 Å². The van der Waals surface area contributed by atoms with Crippen molar-refractivity contribution in [2.24, 2.45) is 0 Å². The van der Waals surface area contributed by atoms with Gasteiger partial charge in [-0.1, -0.05) is 36.4 Å². The molecule has 0 radical (unpaired) electrons. The van der Waals surface area contributed by atoms with Crippen LogP contribution < -0.4 is 0 Å². The lowest BCUT2D eigenvalue weighted by Crippen LogP contribution is -2.22. The van der Waals surface area contributed by atoms with Crippen LogP contribution in [0.3, 0.4) is 0 Å². The third-order valence-corrected chi connectivity index (χ3v) is 6.13. The average Bonchev–Trinajstić information content (AvgIpc) is 3.29. The Morgan fingerprint density at radius 2 is 1.38 bits per heavy atom. The van der Waals surface area contributed by atoms with Gasteiger partial charge < -0.3 is 19.7 Å². The summed E-state index contributed by atoms with van der Waals surface area (Å²) in [5.74, 6) is 0.454. The molecule has 3 aromatic carbocycles. The van der Waals surface area contributed by atoms with Crippen LogP contribution in [-0.4, -0.2) is 44.7 Å². The van der Waals surface area contributed by atoms with Gasteiger partial charge in [0, 0.05) is 24.3 Å². The quantitative estimate of drug-likeness (QED) is 0.338. The van der Waals surface area contributed by atoms with E-state index in [2.05, 4.69) is 0 Å². The summed E-state index contributed by atoms with van der Waals surface area (Å²) in [5, 5.41) is 29.0. The van der Waals surface area contributed by atoms with Gasteiger partial charge >= 0.3 is 0 Å². The van der Waals surface area contributed by atoms with Gasteiger partial charge in [0.2, 0.25) is 0 Å². The van der Waals surface area contributed by atoms with Crippen LogP contribution in [0.4, 0.5) is 0 Å². The maximum Gasteiger partial charge on any atom is 0.157 e. The van der Waals surface area contributed by atoms with Crippen LogP contribution >= 0.6 is 0 Å². The Balaban J connectivity index is 1.37. The third kappa shape index (κ3) is 5.05. The molecule has 0 aliphatic carbocycles. The van der Waals surface area contributed by atoms with Gasteiger partial charge in [0.1, 0.15) is 22.5 Å². The molecule has 7 heteroatoms. The molecule has 0 amide bonds. The number of aromatic nitrogens is 3. The van der Waals surface area contributed by atoms with Crippen molar-refractivity contribution in [3.05, 3.63) is 60.7 Å². The fourth-order valence-corrected chi connectivity index (χ4v) is 4.30. The molecular formula is C27H29N3O4. The molecule has 0 spiro atoms. The van der Waals surface area contributed by atoms with Crippen molar-refractivity contribution in [3.63, 3.8) is 0 Å². The van der Waals surface area contributed by atoms with Gasteiger partial charge in [0.25, 0.3) is 0 Å². The number of unbranched alkanes of at least 4 members (excludes halogenated alkanes) is 1. The number of aromatic hydroxyl groups is 2. The first-order chi connectivity index (χ1) is 16.7. The number of hydrogen-bond acceptors (Lipinski definition) is 6. The molecule has 7 nitrogen and oxygen atoms in total. The summed E-state index contributed by atoms with van der Waals surface area (Å²) in [7, 11) is 0. The van der Waals surface area contributed by atoms with Gasteiger partial charge in [-0.2, -0.15) is 15.0 Å². The van der Waals surface area contributed by atoms with Gasteiger partial charge in [0.05, 0.1) is 6.54 Å². The van der Waals surface area contributed by atoms with E-state index in [0.29, 0.717) is 13.2 Å². The fourth-order valence-electron chi connectivity index (χ4n) is 4.30. The summed E-state index contributed by atoms with van der Waals surface area (Å²) in [5.41, 5.74) is 5.47. The van der Waals surface area contributed by atoms with Crippen molar-refractivity contribution in [2.75, 3.05) is 13.2 Å². The molecule has 4 aromatic rings. The maximum absolute atomic E-state index is 9.69. The zero-order valence-corrected chi connectivity index (χ0v) is 19.1. The Hall–Kier alpha value is -3.42. The zero-order chi connectivity index (χ0) is 23.3. The van der Waals surface area contributed by atoms with Crippen LogP contribution in [0.25, 0.3) is 33.3 Å². The number of hydrogen-bond donors (Lipinski definition) is 2. The minimum absolute atomic E-state index is 0.0556. The lowest BCUT2D eigenvalue weighted by Gasteiger charge is -2.22. The van der Waals surface area contributed by atoms with E-state index >= 15 is 0 Å². The van der Waals surface area contributed by atoms with Crippen molar-refractivity contribution in [2.45, 2.75) is 44.9 Å². The highest BCUT2D eigenvalue weighted by Gasteiger charge is 2.16. The molecule has 1 atom stereocenters. The lowest BCUT2D eigenvalue weighted by atomic mass is 9.98. The normalized spacial score (nSPS) is 16.2. The Labute approximate surface area is 198 Å². The van der Waals surface area contributed by atoms with E-state index in [1.807, 2.05) is 36.4 Å². The summed E-state index contributed by atoms with van der Waals surface area (Å²) in [6.07, 6.45) is 5.02. The van der Waals surface area contributed by atoms with E-state index in [9.17, 15) is 10.2 Å². The van der Waals surface area contributed by atoms with Crippen LogP contribution in [0.1, 0.15) is 32.1 Å². The monoisotopic (exact) mass is 459 g/mol. The molecule has 0 saturated carbocycles. The Morgan fingerprint density at radius 1 is 0.794 bits per heavy atom. The Kier molecular flexibility index (Phi) is 6.74. The summed E-state index contributed by atoms with van der Waals surface area (Å²) in [6, 6.07) is 18.3. The summed E-state index contributed by atoms with van der Waals surface area (Å²) >= 11 is 0. The highest BCUT2D eigenvalue weighted by atomic mass is 16.7. The molecule has 176 valence electrons. The first kappa shape index (κ1) is 22.4. The number of fused-ring (bicyclic) bond motifs is 1. The predicted octanol–water partition coefficient (Wildman–Crippen LogP) is 5.50. The average molecular weight is 460 g/mol. The molecule has 1 saturated heterocycles.